The molecule has 1 N–H and O–H groups in total. The van der Waals surface area contributed by atoms with Gasteiger partial charge in [0.25, 0.3) is 5.91 Å². The molecule has 0 radical (unpaired) electrons. The van der Waals surface area contributed by atoms with Crippen LogP contribution in [0.2, 0.25) is 0 Å². The van der Waals surface area contributed by atoms with Gasteiger partial charge in [0, 0.05) is 32.7 Å². The molecule has 1 aromatic rings. The van der Waals surface area contributed by atoms with E-state index in [1.807, 2.05) is 0 Å². The lowest BCUT2D eigenvalue weighted by molar-refractivity contribution is 0.0787. The Hall–Kier alpha value is -2.38. The van der Waals surface area contributed by atoms with Gasteiger partial charge in [-0.05, 0) is 26.2 Å². The van der Waals surface area contributed by atoms with E-state index in [9.17, 15) is 9.59 Å². The van der Waals surface area contributed by atoms with E-state index in [1.54, 1.807) is 30.0 Å². The van der Waals surface area contributed by atoms with Crippen LogP contribution in [0.15, 0.2) is 12.4 Å². The Labute approximate surface area is 154 Å². The summed E-state index contributed by atoms with van der Waals surface area (Å²) in [5.41, 5.74) is 0.353. The number of anilines is 1. The lowest BCUT2D eigenvalue weighted by atomic mass is 10.1. The van der Waals surface area contributed by atoms with Crippen LogP contribution in [0, 0.1) is 0 Å². The molecule has 144 valence electrons. The number of nitrogens with zero attached hydrogens (tertiary/aromatic N) is 4. The van der Waals surface area contributed by atoms with Gasteiger partial charge in [0.1, 0.15) is 11.5 Å². The summed E-state index contributed by atoms with van der Waals surface area (Å²) in [5, 5.41) is 3.32. The zero-order valence-electron chi connectivity index (χ0n) is 15.9. The van der Waals surface area contributed by atoms with Crippen molar-refractivity contribution in [3.8, 4) is 0 Å². The highest BCUT2D eigenvalue weighted by Crippen LogP contribution is 2.15. The maximum atomic E-state index is 12.3. The number of amides is 2. The van der Waals surface area contributed by atoms with Gasteiger partial charge in [-0.15, -0.1) is 0 Å². The number of aromatic nitrogens is 2. The van der Waals surface area contributed by atoms with Gasteiger partial charge in [-0.1, -0.05) is 13.3 Å². The van der Waals surface area contributed by atoms with Crippen LogP contribution >= 0.6 is 0 Å². The Morgan fingerprint density at radius 2 is 2.00 bits per heavy atom. The molecule has 1 aliphatic heterocycles. The Morgan fingerprint density at radius 1 is 1.27 bits per heavy atom. The summed E-state index contributed by atoms with van der Waals surface area (Å²) >= 11 is 0. The predicted molar refractivity (Wildman–Crippen MR) is 99.1 cm³/mol. The van der Waals surface area contributed by atoms with E-state index in [-0.39, 0.29) is 18.0 Å². The molecule has 2 rings (SSSR count). The average molecular weight is 363 g/mol. The van der Waals surface area contributed by atoms with E-state index in [1.165, 1.54) is 6.20 Å². The Balaban J connectivity index is 1.82. The number of piperidine rings is 1. The van der Waals surface area contributed by atoms with Crippen LogP contribution < -0.4 is 5.32 Å². The van der Waals surface area contributed by atoms with E-state index in [0.717, 1.165) is 32.2 Å². The molecule has 0 spiro atoms. The highest BCUT2D eigenvalue weighted by atomic mass is 16.6. The summed E-state index contributed by atoms with van der Waals surface area (Å²) in [4.78, 5) is 35.9. The van der Waals surface area contributed by atoms with E-state index < -0.39 is 0 Å². The van der Waals surface area contributed by atoms with Crippen molar-refractivity contribution < 1.29 is 14.3 Å². The van der Waals surface area contributed by atoms with Gasteiger partial charge in [0.05, 0.1) is 19.0 Å². The molecule has 0 aromatic carbocycles. The van der Waals surface area contributed by atoms with Crippen LogP contribution in [0.1, 0.15) is 50.0 Å². The molecule has 0 unspecified atom stereocenters. The van der Waals surface area contributed by atoms with Crippen LogP contribution in [-0.4, -0.2) is 71.1 Å². The first-order valence-electron chi connectivity index (χ1n) is 9.30. The van der Waals surface area contributed by atoms with Crippen molar-refractivity contribution in [1.82, 2.24) is 19.8 Å². The van der Waals surface area contributed by atoms with Crippen LogP contribution in [-0.2, 0) is 4.74 Å². The first-order chi connectivity index (χ1) is 12.5. The summed E-state index contributed by atoms with van der Waals surface area (Å²) in [6, 6.07) is 0.226. The first-order valence-corrected chi connectivity index (χ1v) is 9.30. The molecular formula is C18H29N5O3. The number of hydrogen-bond acceptors (Lipinski definition) is 6. The van der Waals surface area contributed by atoms with Crippen molar-refractivity contribution in [2.45, 2.75) is 45.6 Å². The van der Waals surface area contributed by atoms with Crippen molar-refractivity contribution in [3.63, 3.8) is 0 Å². The third kappa shape index (κ3) is 5.57. The molecular weight excluding hydrogens is 334 g/mol. The zero-order chi connectivity index (χ0) is 18.9. The summed E-state index contributed by atoms with van der Waals surface area (Å²) < 4.78 is 5.02. The maximum absolute atomic E-state index is 12.3. The summed E-state index contributed by atoms with van der Waals surface area (Å²) in [5.74, 6) is 0.535. The quantitative estimate of drug-likeness (QED) is 0.800. The molecule has 8 heteroatoms. The number of hydrogen-bond donors (Lipinski definition) is 1. The molecule has 1 fully saturated rings. The highest BCUT2D eigenvalue weighted by molar-refractivity contribution is 5.91. The van der Waals surface area contributed by atoms with Crippen LogP contribution in [0.5, 0.6) is 0 Å². The van der Waals surface area contributed by atoms with Crippen LogP contribution in [0.25, 0.3) is 0 Å². The first kappa shape index (κ1) is 19.9. The molecule has 8 nitrogen and oxygen atoms in total. The normalized spacial score (nSPS) is 14.8. The lowest BCUT2D eigenvalue weighted by Crippen LogP contribution is -2.42. The average Bonchev–Trinajstić information content (AvgIpc) is 2.67. The Kier molecular flexibility index (Phi) is 7.62. The van der Waals surface area contributed by atoms with Gasteiger partial charge in [0.2, 0.25) is 0 Å². The second-order valence-electron chi connectivity index (χ2n) is 6.47. The van der Waals surface area contributed by atoms with Gasteiger partial charge >= 0.3 is 6.09 Å². The number of unbranched alkanes of at least 4 members (excludes halogenated alkanes) is 1. The molecule has 1 saturated heterocycles. The topological polar surface area (TPSA) is 87.7 Å². The Morgan fingerprint density at radius 3 is 2.58 bits per heavy atom. The van der Waals surface area contributed by atoms with E-state index in [0.29, 0.717) is 31.2 Å². The van der Waals surface area contributed by atoms with Crippen molar-refractivity contribution in [2.75, 3.05) is 38.6 Å². The fourth-order valence-electron chi connectivity index (χ4n) is 2.84. The molecule has 1 aliphatic rings. The standard InChI is InChI=1S/C18H29N5O3/c1-4-6-9-22(3)17(24)15-12-20-16(13-19-15)21-14-7-10-23(11-8-14)18(25)26-5-2/h12-14H,4-11H2,1-3H3,(H,20,21). The third-order valence-electron chi connectivity index (χ3n) is 4.44. The number of rotatable bonds is 7. The van der Waals surface area contributed by atoms with Crippen LogP contribution in [0.3, 0.4) is 0 Å². The second kappa shape index (κ2) is 9.94. The molecule has 0 bridgehead atoms. The van der Waals surface area contributed by atoms with E-state index in [4.69, 9.17) is 4.74 Å². The third-order valence-corrected chi connectivity index (χ3v) is 4.44. The summed E-state index contributed by atoms with van der Waals surface area (Å²) in [6.07, 6.45) is 6.52. The minimum absolute atomic E-state index is 0.111. The molecule has 0 aliphatic carbocycles. The zero-order valence-corrected chi connectivity index (χ0v) is 15.9. The number of likely N-dealkylation sites (tertiary alicyclic amines) is 1. The molecule has 2 amide bonds. The molecule has 1 aromatic heterocycles. The fourth-order valence-corrected chi connectivity index (χ4v) is 2.84. The van der Waals surface area contributed by atoms with Gasteiger partial charge in [-0.25, -0.2) is 14.8 Å². The maximum Gasteiger partial charge on any atom is 0.409 e. The minimum Gasteiger partial charge on any atom is -0.450 e. The van der Waals surface area contributed by atoms with E-state index in [2.05, 4.69) is 22.2 Å². The van der Waals surface area contributed by atoms with Gasteiger partial charge in [0.15, 0.2) is 0 Å². The number of carbonyl (C=O) groups is 2. The summed E-state index contributed by atoms with van der Waals surface area (Å²) in [7, 11) is 1.78. The largest absolute Gasteiger partial charge is 0.450 e. The van der Waals surface area contributed by atoms with Crippen molar-refractivity contribution >= 4 is 17.8 Å². The molecule has 26 heavy (non-hydrogen) atoms. The smallest absolute Gasteiger partial charge is 0.409 e. The Bertz CT molecular complexity index is 585. The lowest BCUT2D eigenvalue weighted by Gasteiger charge is -2.31. The van der Waals surface area contributed by atoms with Gasteiger partial charge in [-0.3, -0.25) is 4.79 Å². The number of nitrogens with one attached hydrogen (secondary N) is 1. The number of carbonyl (C=O) groups excluding carboxylic acids is 2. The fraction of sp³-hybridized carbons (Fsp3) is 0.667. The van der Waals surface area contributed by atoms with E-state index >= 15 is 0 Å². The predicted octanol–water partition coefficient (Wildman–Crippen LogP) is 2.38. The van der Waals surface area contributed by atoms with Crippen molar-refractivity contribution in [2.24, 2.45) is 0 Å². The molecule has 2 heterocycles. The molecule has 0 saturated carbocycles. The second-order valence-corrected chi connectivity index (χ2v) is 6.47. The van der Waals surface area contributed by atoms with Crippen molar-refractivity contribution in [1.29, 1.82) is 0 Å². The SMILES string of the molecule is CCCCN(C)C(=O)c1cnc(NC2CCN(C(=O)OCC)CC2)cn1. The summed E-state index contributed by atoms with van der Waals surface area (Å²) in [6.45, 7) is 6.32. The van der Waals surface area contributed by atoms with Gasteiger partial charge in [-0.2, -0.15) is 0 Å². The number of ether oxygens (including phenoxy) is 1. The molecule has 0 atom stereocenters. The minimum atomic E-state index is -0.249. The highest BCUT2D eigenvalue weighted by Gasteiger charge is 2.23. The van der Waals surface area contributed by atoms with Crippen LogP contribution in [0.4, 0.5) is 10.6 Å². The van der Waals surface area contributed by atoms with Crippen molar-refractivity contribution in [3.05, 3.63) is 18.1 Å². The monoisotopic (exact) mass is 363 g/mol. The van der Waals surface area contributed by atoms with Gasteiger partial charge < -0.3 is 19.9 Å².